The number of ether oxygens (including phenoxy) is 2. The number of nitrogens with two attached hydrogens (primary N) is 1. The number of allylic oxidation sites excluding steroid dienone is 2. The van der Waals surface area contributed by atoms with Crippen molar-refractivity contribution in [2.75, 3.05) is 20.8 Å². The minimum atomic E-state index is -0.743. The topological polar surface area (TPSA) is 106 Å². The number of carbonyl (C=O) groups excluding carboxylic acids is 2. The summed E-state index contributed by atoms with van der Waals surface area (Å²) in [5.74, 6) is 1.35. The van der Waals surface area contributed by atoms with Crippen molar-refractivity contribution < 1.29 is 19.1 Å². The molecule has 2 heterocycles. The number of primary amides is 1. The lowest BCUT2D eigenvalue weighted by Crippen LogP contribution is -2.48. The van der Waals surface area contributed by atoms with Gasteiger partial charge in [-0.05, 0) is 42.5 Å². The summed E-state index contributed by atoms with van der Waals surface area (Å²) in [6.45, 7) is 2.86. The van der Waals surface area contributed by atoms with Crippen LogP contribution in [0.3, 0.4) is 0 Å². The van der Waals surface area contributed by atoms with Gasteiger partial charge < -0.3 is 20.1 Å². The van der Waals surface area contributed by atoms with Crippen molar-refractivity contribution in [2.45, 2.75) is 38.6 Å². The van der Waals surface area contributed by atoms with Crippen LogP contribution in [-0.4, -0.2) is 43.2 Å². The Morgan fingerprint density at radius 2 is 1.93 bits per heavy atom. The first-order valence-corrected chi connectivity index (χ1v) is 9.87. The SMILES string of the molecule is COc1cc2c(cc1OC)C1[C@@H](C)/C(=N\NC(N)=O)C3=C(CCCC3=O)N1CC2. The molecule has 154 valence electrons. The van der Waals surface area contributed by atoms with E-state index in [1.807, 2.05) is 19.1 Å². The van der Waals surface area contributed by atoms with E-state index in [1.165, 1.54) is 5.56 Å². The second-order valence-electron chi connectivity index (χ2n) is 7.65. The molecular weight excluding hydrogens is 372 g/mol. The fraction of sp³-hybridized carbons (Fsp3) is 0.476. The zero-order valence-corrected chi connectivity index (χ0v) is 16.9. The standard InChI is InChI=1S/C21H26N4O4/c1-11-19(23-24-21(22)27)18-14(5-4-6-15(18)26)25-8-7-12-9-16(28-2)17(29-3)10-13(12)20(11)25/h9-11,20H,4-8H2,1-3H3,(H3,22,24,27)/b23-19+/t11-,20?/m0/s1. The third-order valence-electron chi connectivity index (χ3n) is 6.10. The molecule has 3 N–H and O–H groups in total. The van der Waals surface area contributed by atoms with E-state index in [9.17, 15) is 9.59 Å². The Balaban J connectivity index is 1.88. The molecule has 0 aromatic heterocycles. The predicted octanol–water partition coefficient (Wildman–Crippen LogP) is 2.28. The molecule has 0 saturated carbocycles. The van der Waals surface area contributed by atoms with E-state index >= 15 is 0 Å². The molecule has 0 saturated heterocycles. The molecule has 2 amide bonds. The Bertz CT molecular complexity index is 937. The maximum Gasteiger partial charge on any atom is 0.332 e. The Kier molecular flexibility index (Phi) is 4.94. The molecular formula is C21H26N4O4. The van der Waals surface area contributed by atoms with Crippen LogP contribution < -0.4 is 20.6 Å². The lowest BCUT2D eigenvalue weighted by molar-refractivity contribution is -0.116. The highest BCUT2D eigenvalue weighted by Gasteiger charge is 2.44. The average Bonchev–Trinajstić information content (AvgIpc) is 2.72. The van der Waals surface area contributed by atoms with Gasteiger partial charge in [0.15, 0.2) is 17.3 Å². The molecule has 1 aliphatic carbocycles. The van der Waals surface area contributed by atoms with E-state index in [4.69, 9.17) is 15.2 Å². The fourth-order valence-electron chi connectivity index (χ4n) is 4.87. The number of nitrogens with one attached hydrogen (secondary N) is 1. The number of amides is 2. The monoisotopic (exact) mass is 398 g/mol. The van der Waals surface area contributed by atoms with Crippen LogP contribution in [0, 0.1) is 5.92 Å². The molecule has 8 nitrogen and oxygen atoms in total. The second-order valence-corrected chi connectivity index (χ2v) is 7.65. The molecule has 29 heavy (non-hydrogen) atoms. The second kappa shape index (κ2) is 7.42. The van der Waals surface area contributed by atoms with Gasteiger partial charge in [-0.25, -0.2) is 10.2 Å². The number of Topliss-reactive ketones (excluding diaryl/α,β-unsaturated/α-hetero) is 1. The molecule has 3 aliphatic rings. The summed E-state index contributed by atoms with van der Waals surface area (Å²) in [6.07, 6.45) is 3.00. The van der Waals surface area contributed by atoms with E-state index in [0.29, 0.717) is 29.2 Å². The third kappa shape index (κ3) is 3.12. The molecule has 1 aromatic rings. The zero-order chi connectivity index (χ0) is 20.7. The zero-order valence-electron chi connectivity index (χ0n) is 16.9. The number of methoxy groups -OCH3 is 2. The lowest BCUT2D eigenvalue weighted by atomic mass is 9.74. The normalized spacial score (nSPS) is 24.6. The first-order valence-electron chi connectivity index (χ1n) is 9.87. The van der Waals surface area contributed by atoms with Crippen molar-refractivity contribution in [1.29, 1.82) is 0 Å². The van der Waals surface area contributed by atoms with Gasteiger partial charge in [-0.3, -0.25) is 4.79 Å². The van der Waals surface area contributed by atoms with Crippen LogP contribution in [0.2, 0.25) is 0 Å². The van der Waals surface area contributed by atoms with E-state index in [0.717, 1.165) is 37.1 Å². The average molecular weight is 398 g/mol. The lowest BCUT2D eigenvalue weighted by Gasteiger charge is -2.48. The maximum absolute atomic E-state index is 12.8. The van der Waals surface area contributed by atoms with Gasteiger partial charge in [-0.15, -0.1) is 0 Å². The number of hydrogen-bond acceptors (Lipinski definition) is 6. The molecule has 2 aliphatic heterocycles. The molecule has 0 fully saturated rings. The molecule has 1 unspecified atom stereocenters. The van der Waals surface area contributed by atoms with Crippen molar-refractivity contribution in [1.82, 2.24) is 10.3 Å². The highest BCUT2D eigenvalue weighted by atomic mass is 16.5. The smallest absolute Gasteiger partial charge is 0.332 e. The van der Waals surface area contributed by atoms with Crippen molar-refractivity contribution in [3.8, 4) is 11.5 Å². The highest BCUT2D eigenvalue weighted by Crippen LogP contribution is 2.48. The molecule has 8 heteroatoms. The van der Waals surface area contributed by atoms with E-state index in [1.54, 1.807) is 14.2 Å². The van der Waals surface area contributed by atoms with Crippen molar-refractivity contribution in [3.05, 3.63) is 34.5 Å². The number of urea groups is 1. The molecule has 4 rings (SSSR count). The van der Waals surface area contributed by atoms with Crippen LogP contribution >= 0.6 is 0 Å². The number of carbonyl (C=O) groups is 2. The summed E-state index contributed by atoms with van der Waals surface area (Å²) in [4.78, 5) is 26.4. The van der Waals surface area contributed by atoms with Gasteiger partial charge >= 0.3 is 6.03 Å². The Morgan fingerprint density at radius 1 is 1.21 bits per heavy atom. The fourth-order valence-corrected chi connectivity index (χ4v) is 4.87. The van der Waals surface area contributed by atoms with Gasteiger partial charge in [-0.2, -0.15) is 5.10 Å². The van der Waals surface area contributed by atoms with Crippen LogP contribution in [0.25, 0.3) is 0 Å². The summed E-state index contributed by atoms with van der Waals surface area (Å²) in [7, 11) is 3.26. The van der Waals surface area contributed by atoms with Crippen LogP contribution in [0.15, 0.2) is 28.5 Å². The van der Waals surface area contributed by atoms with Gasteiger partial charge in [-0.1, -0.05) is 6.92 Å². The number of rotatable bonds is 3. The molecule has 0 spiro atoms. The van der Waals surface area contributed by atoms with Gasteiger partial charge in [0.1, 0.15) is 0 Å². The first kappa shape index (κ1) is 19.3. The molecule has 0 bridgehead atoms. The number of nitrogens with zero attached hydrogens (tertiary/aromatic N) is 2. The minimum Gasteiger partial charge on any atom is -0.493 e. The summed E-state index contributed by atoms with van der Waals surface area (Å²) in [5.41, 5.74) is 12.2. The largest absolute Gasteiger partial charge is 0.493 e. The summed E-state index contributed by atoms with van der Waals surface area (Å²) < 4.78 is 11.0. The van der Waals surface area contributed by atoms with Crippen LogP contribution in [-0.2, 0) is 11.2 Å². The van der Waals surface area contributed by atoms with E-state index in [2.05, 4.69) is 15.4 Å². The van der Waals surface area contributed by atoms with Crippen molar-refractivity contribution in [2.24, 2.45) is 16.8 Å². The minimum absolute atomic E-state index is 0.00312. The van der Waals surface area contributed by atoms with Gasteiger partial charge in [0.05, 0.1) is 31.5 Å². The maximum atomic E-state index is 12.8. The number of hydrogen-bond donors (Lipinski definition) is 2. The van der Waals surface area contributed by atoms with E-state index in [-0.39, 0.29) is 17.7 Å². The van der Waals surface area contributed by atoms with Crippen molar-refractivity contribution >= 4 is 17.5 Å². The van der Waals surface area contributed by atoms with E-state index < -0.39 is 6.03 Å². The molecule has 0 radical (unpaired) electrons. The summed E-state index contributed by atoms with van der Waals surface area (Å²) in [5, 5.41) is 4.27. The first-order chi connectivity index (χ1) is 14.0. The number of benzene rings is 1. The Morgan fingerprint density at radius 3 is 2.62 bits per heavy atom. The molecule has 1 aromatic carbocycles. The van der Waals surface area contributed by atoms with Gasteiger partial charge in [0.25, 0.3) is 0 Å². The summed E-state index contributed by atoms with van der Waals surface area (Å²) in [6, 6.07) is 3.31. The predicted molar refractivity (Wildman–Crippen MR) is 108 cm³/mol. The number of ketones is 1. The van der Waals surface area contributed by atoms with Gasteiger partial charge in [0.2, 0.25) is 0 Å². The quantitative estimate of drug-likeness (QED) is 0.760. The summed E-state index contributed by atoms with van der Waals surface area (Å²) >= 11 is 0. The Labute approximate surface area is 169 Å². The Hall–Kier alpha value is -3.03. The van der Waals surface area contributed by atoms with Crippen LogP contribution in [0.1, 0.15) is 43.4 Å². The number of fused-ring (bicyclic) bond motifs is 4. The van der Waals surface area contributed by atoms with Crippen LogP contribution in [0.5, 0.6) is 11.5 Å². The third-order valence-corrected chi connectivity index (χ3v) is 6.10. The van der Waals surface area contributed by atoms with Crippen molar-refractivity contribution in [3.63, 3.8) is 0 Å². The highest BCUT2D eigenvalue weighted by molar-refractivity contribution is 6.24. The van der Waals surface area contributed by atoms with Crippen LogP contribution in [0.4, 0.5) is 4.79 Å². The van der Waals surface area contributed by atoms with Gasteiger partial charge in [0, 0.05) is 24.6 Å². The molecule has 2 atom stereocenters. The number of hydrazone groups is 1.